The van der Waals surface area contributed by atoms with E-state index in [-0.39, 0.29) is 32.0 Å². The van der Waals surface area contributed by atoms with Crippen molar-refractivity contribution in [3.05, 3.63) is 57.6 Å². The molecule has 0 amide bonds. The van der Waals surface area contributed by atoms with Crippen molar-refractivity contribution in [2.24, 2.45) is 0 Å². The fourth-order valence-corrected chi connectivity index (χ4v) is 5.81. The number of esters is 4. The molecule has 2 aromatic rings. The smallest absolute Gasteiger partial charge is 0.340 e. The Labute approximate surface area is 212 Å². The largest absolute Gasteiger partial charge is 0.462 e. The van der Waals surface area contributed by atoms with Gasteiger partial charge in [0.15, 0.2) is 5.78 Å². The first kappa shape index (κ1) is 27.5. The highest BCUT2D eigenvalue weighted by Crippen LogP contribution is 2.42. The zero-order valence-electron chi connectivity index (χ0n) is 20.5. The first-order chi connectivity index (χ1) is 17.6. The first-order valence-corrected chi connectivity index (χ1v) is 12.9. The van der Waals surface area contributed by atoms with Gasteiger partial charge in [-0.15, -0.1) is 0 Å². The molecule has 37 heavy (non-hydrogen) atoms. The Hall–Kier alpha value is -4.06. The number of fused-ring (bicyclic) bond motifs is 2. The van der Waals surface area contributed by atoms with E-state index in [1.165, 1.54) is 45.9 Å². The fraction of sp³-hybridized carbons (Fsp3) is 0.320. The van der Waals surface area contributed by atoms with E-state index in [1.807, 2.05) is 0 Å². The van der Waals surface area contributed by atoms with E-state index in [9.17, 15) is 32.4 Å². The Morgan fingerprint density at radius 2 is 1.05 bits per heavy atom. The molecule has 0 atom stereocenters. The van der Waals surface area contributed by atoms with Crippen LogP contribution < -0.4 is 0 Å². The number of ketones is 1. The lowest BCUT2D eigenvalue weighted by atomic mass is 9.87. The molecule has 2 aromatic carbocycles. The van der Waals surface area contributed by atoms with Gasteiger partial charge in [-0.3, -0.25) is 4.79 Å². The van der Waals surface area contributed by atoms with Crippen molar-refractivity contribution in [3.63, 3.8) is 0 Å². The Balaban J connectivity index is 2.72. The van der Waals surface area contributed by atoms with Crippen molar-refractivity contribution in [2.75, 3.05) is 26.4 Å². The maximum absolute atomic E-state index is 13.9. The molecule has 3 rings (SSSR count). The summed E-state index contributed by atoms with van der Waals surface area (Å²) in [7, 11) is -4.71. The summed E-state index contributed by atoms with van der Waals surface area (Å²) in [6, 6.07) is 5.14. The van der Waals surface area contributed by atoms with E-state index in [1.54, 1.807) is 0 Å². The zero-order chi connectivity index (χ0) is 27.5. The van der Waals surface area contributed by atoms with Crippen LogP contribution in [0.5, 0.6) is 0 Å². The van der Waals surface area contributed by atoms with E-state index >= 15 is 0 Å². The predicted octanol–water partition coefficient (Wildman–Crippen LogP) is 2.77. The molecule has 12 heteroatoms. The van der Waals surface area contributed by atoms with Gasteiger partial charge in [-0.1, -0.05) is 12.1 Å². The van der Waals surface area contributed by atoms with E-state index in [0.29, 0.717) is 0 Å². The standard InChI is InChI=1S/C25H24O11S/c1-5-33-22(27)15-16(23(28)34-6-2)18-20(26)13-11-9-10-12-14(13)37(31,32)21(18)19(25(30)36-8-4)17(15)24(29)35-7-3/h9-12H,5-8H2,1-4H3. The van der Waals surface area contributed by atoms with Gasteiger partial charge in [-0.05, 0) is 39.8 Å². The van der Waals surface area contributed by atoms with Crippen molar-refractivity contribution < 1.29 is 51.3 Å². The molecule has 0 saturated carbocycles. The molecule has 0 aliphatic carbocycles. The minimum Gasteiger partial charge on any atom is -0.462 e. The lowest BCUT2D eigenvalue weighted by Gasteiger charge is -2.26. The zero-order valence-corrected chi connectivity index (χ0v) is 21.4. The second-order valence-electron chi connectivity index (χ2n) is 7.41. The number of carbonyl (C=O) groups is 5. The number of hydrogen-bond donors (Lipinski definition) is 0. The number of carbonyl (C=O) groups excluding carboxylic acids is 5. The van der Waals surface area contributed by atoms with E-state index in [0.717, 1.165) is 6.07 Å². The van der Waals surface area contributed by atoms with Crippen LogP contribution in [0.3, 0.4) is 0 Å². The van der Waals surface area contributed by atoms with Crippen LogP contribution in [0.15, 0.2) is 34.1 Å². The van der Waals surface area contributed by atoms with Crippen molar-refractivity contribution in [1.29, 1.82) is 0 Å². The number of ether oxygens (including phenoxy) is 4. The van der Waals surface area contributed by atoms with Gasteiger partial charge < -0.3 is 18.9 Å². The molecule has 0 bridgehead atoms. The van der Waals surface area contributed by atoms with Crippen molar-refractivity contribution in [1.82, 2.24) is 0 Å². The summed E-state index contributed by atoms with van der Waals surface area (Å²) in [6.07, 6.45) is 0. The number of rotatable bonds is 8. The second-order valence-corrected chi connectivity index (χ2v) is 9.27. The summed E-state index contributed by atoms with van der Waals surface area (Å²) in [5.41, 5.74) is -4.53. The van der Waals surface area contributed by atoms with Crippen LogP contribution in [0.4, 0.5) is 0 Å². The second kappa shape index (κ2) is 10.9. The molecule has 1 heterocycles. The third-order valence-electron chi connectivity index (χ3n) is 5.29. The Morgan fingerprint density at radius 1 is 0.649 bits per heavy atom. The topological polar surface area (TPSA) is 156 Å². The molecule has 0 spiro atoms. The average molecular weight is 533 g/mol. The third-order valence-corrected chi connectivity index (χ3v) is 7.17. The van der Waals surface area contributed by atoms with E-state index in [2.05, 4.69) is 0 Å². The molecule has 0 saturated heterocycles. The molecule has 0 unspecified atom stereocenters. The summed E-state index contributed by atoms with van der Waals surface area (Å²) >= 11 is 0. The van der Waals surface area contributed by atoms with Gasteiger partial charge in [0.05, 0.1) is 64.0 Å². The molecule has 196 valence electrons. The summed E-state index contributed by atoms with van der Waals surface area (Å²) in [5, 5.41) is 0. The monoisotopic (exact) mass is 532 g/mol. The van der Waals surface area contributed by atoms with Gasteiger partial charge in [0.2, 0.25) is 9.84 Å². The lowest BCUT2D eigenvalue weighted by Crippen LogP contribution is -2.33. The molecular formula is C25H24O11S. The minimum absolute atomic E-state index is 0.218. The van der Waals surface area contributed by atoms with Gasteiger partial charge in [-0.2, -0.15) is 0 Å². The van der Waals surface area contributed by atoms with Gasteiger partial charge in [0, 0.05) is 5.56 Å². The van der Waals surface area contributed by atoms with Crippen LogP contribution in [0.1, 0.15) is 85.0 Å². The summed E-state index contributed by atoms with van der Waals surface area (Å²) in [5.74, 6) is -6.14. The van der Waals surface area contributed by atoms with Crippen molar-refractivity contribution >= 4 is 39.5 Å². The fourth-order valence-electron chi connectivity index (χ4n) is 3.97. The summed E-state index contributed by atoms with van der Waals surface area (Å²) < 4.78 is 47.9. The number of benzene rings is 2. The first-order valence-electron chi connectivity index (χ1n) is 11.4. The van der Waals surface area contributed by atoms with Gasteiger partial charge in [0.1, 0.15) is 0 Å². The molecule has 0 radical (unpaired) electrons. The summed E-state index contributed by atoms with van der Waals surface area (Å²) in [4.78, 5) is 65.1. The highest BCUT2D eigenvalue weighted by atomic mass is 32.2. The highest BCUT2D eigenvalue weighted by molar-refractivity contribution is 7.92. The quantitative estimate of drug-likeness (QED) is 0.310. The Bertz CT molecular complexity index is 1420. The van der Waals surface area contributed by atoms with Gasteiger partial charge in [-0.25, -0.2) is 27.6 Å². The maximum Gasteiger partial charge on any atom is 0.340 e. The van der Waals surface area contributed by atoms with Crippen LogP contribution in [0.2, 0.25) is 0 Å². The van der Waals surface area contributed by atoms with Crippen LogP contribution in [0, 0.1) is 0 Å². The van der Waals surface area contributed by atoms with Crippen molar-refractivity contribution in [2.45, 2.75) is 37.5 Å². The molecule has 0 fully saturated rings. The SMILES string of the molecule is CCOC(=O)c1c(C(=O)OCC)c(C(=O)OCC)c2c(c1C(=O)OCC)C(=O)c1ccccc1S2(=O)=O. The average Bonchev–Trinajstić information content (AvgIpc) is 2.86. The number of hydrogen-bond acceptors (Lipinski definition) is 11. The lowest BCUT2D eigenvalue weighted by molar-refractivity contribution is 0.0440. The van der Waals surface area contributed by atoms with Crippen LogP contribution >= 0.6 is 0 Å². The predicted molar refractivity (Wildman–Crippen MR) is 126 cm³/mol. The number of sulfone groups is 1. The van der Waals surface area contributed by atoms with Gasteiger partial charge >= 0.3 is 23.9 Å². The third kappa shape index (κ3) is 4.59. The van der Waals surface area contributed by atoms with Crippen LogP contribution in [-0.2, 0) is 28.8 Å². The van der Waals surface area contributed by atoms with Crippen molar-refractivity contribution in [3.8, 4) is 0 Å². The maximum atomic E-state index is 13.9. The minimum atomic E-state index is -4.71. The Morgan fingerprint density at radius 3 is 1.54 bits per heavy atom. The van der Waals surface area contributed by atoms with E-state index < -0.39 is 77.1 Å². The molecule has 11 nitrogen and oxygen atoms in total. The Kier molecular flexibility index (Phi) is 8.12. The highest BCUT2D eigenvalue weighted by Gasteiger charge is 2.47. The van der Waals surface area contributed by atoms with E-state index in [4.69, 9.17) is 18.9 Å². The normalized spacial score (nSPS) is 13.1. The molecule has 1 aliphatic heterocycles. The molecule has 0 aromatic heterocycles. The van der Waals surface area contributed by atoms with Crippen LogP contribution in [0.25, 0.3) is 0 Å². The van der Waals surface area contributed by atoms with Gasteiger partial charge in [0.25, 0.3) is 0 Å². The summed E-state index contributed by atoms with van der Waals surface area (Å²) in [6.45, 7) is 4.85. The molecule has 0 N–H and O–H groups in total. The molecular weight excluding hydrogens is 508 g/mol. The molecule has 1 aliphatic rings. The van der Waals surface area contributed by atoms with Crippen LogP contribution in [-0.4, -0.2) is 64.5 Å².